The third-order valence-electron chi connectivity index (χ3n) is 2.96. The summed E-state index contributed by atoms with van der Waals surface area (Å²) in [6, 6.07) is 1.07. The van der Waals surface area contributed by atoms with Crippen molar-refractivity contribution >= 4 is 6.16 Å². The van der Waals surface area contributed by atoms with Gasteiger partial charge in [-0.2, -0.15) is 0 Å². The number of ether oxygens (including phenoxy) is 2. The maximum atomic E-state index is 14.4. The second kappa shape index (κ2) is 5.08. The third kappa shape index (κ3) is 2.87. The number of aromatic amines is 1. The zero-order valence-electron chi connectivity index (χ0n) is 10.5. The van der Waals surface area contributed by atoms with Gasteiger partial charge in [0.25, 0.3) is 5.56 Å². The molecule has 0 aromatic carbocycles. The maximum Gasteiger partial charge on any atom is 0.505 e. The molecule has 0 saturated carbocycles. The Balaban J connectivity index is 2.21. The van der Waals surface area contributed by atoms with Gasteiger partial charge >= 0.3 is 11.8 Å². The van der Waals surface area contributed by atoms with Gasteiger partial charge in [-0.1, -0.05) is 0 Å². The van der Waals surface area contributed by atoms with Crippen molar-refractivity contribution in [3.8, 4) is 0 Å². The highest BCUT2D eigenvalue weighted by atomic mass is 19.1. The molecule has 2 unspecified atom stereocenters. The first-order valence-corrected chi connectivity index (χ1v) is 5.81. The van der Waals surface area contributed by atoms with E-state index in [0.717, 1.165) is 16.8 Å². The Bertz CT molecular complexity index is 622. The zero-order valence-corrected chi connectivity index (χ0v) is 10.5. The first-order valence-electron chi connectivity index (χ1n) is 5.81. The fraction of sp³-hybridized carbons (Fsp3) is 0.545. The van der Waals surface area contributed by atoms with Crippen LogP contribution in [0.25, 0.3) is 0 Å². The number of carboxylic acid groups (broad SMARTS) is 1. The van der Waals surface area contributed by atoms with Gasteiger partial charge in [0.15, 0.2) is 11.9 Å². The number of rotatable bonds is 3. The average Bonchev–Trinajstić information content (AvgIpc) is 2.62. The van der Waals surface area contributed by atoms with E-state index in [1.807, 2.05) is 4.98 Å². The minimum absolute atomic E-state index is 0.128. The SMILES string of the molecule is C[C@@]1(F)CC(COC(=O)O)OC1n1ccc(=O)[nH]c1=O. The van der Waals surface area contributed by atoms with Crippen molar-refractivity contribution < 1.29 is 23.8 Å². The highest BCUT2D eigenvalue weighted by Gasteiger charge is 2.47. The molecule has 2 N–H and O–H groups in total. The summed E-state index contributed by atoms with van der Waals surface area (Å²) in [4.78, 5) is 34.9. The quantitative estimate of drug-likeness (QED) is 0.771. The fourth-order valence-corrected chi connectivity index (χ4v) is 2.15. The van der Waals surface area contributed by atoms with E-state index in [1.165, 1.54) is 6.92 Å². The van der Waals surface area contributed by atoms with E-state index >= 15 is 0 Å². The maximum absolute atomic E-state index is 14.4. The Morgan fingerprint density at radius 1 is 1.70 bits per heavy atom. The minimum Gasteiger partial charge on any atom is -0.450 e. The average molecular weight is 288 g/mol. The number of carbonyl (C=O) groups is 1. The third-order valence-corrected chi connectivity index (χ3v) is 2.96. The van der Waals surface area contributed by atoms with E-state index in [1.54, 1.807) is 0 Å². The summed E-state index contributed by atoms with van der Waals surface area (Å²) in [5.74, 6) is 0. The molecule has 1 saturated heterocycles. The lowest BCUT2D eigenvalue weighted by Crippen LogP contribution is -2.38. The zero-order chi connectivity index (χ0) is 14.9. The number of alkyl halides is 1. The summed E-state index contributed by atoms with van der Waals surface area (Å²) in [6.07, 6.45) is -2.54. The molecule has 0 radical (unpaired) electrons. The molecule has 2 heterocycles. The molecule has 0 amide bonds. The van der Waals surface area contributed by atoms with Crippen molar-refractivity contribution in [2.24, 2.45) is 0 Å². The van der Waals surface area contributed by atoms with Crippen LogP contribution in [-0.4, -0.2) is 39.2 Å². The van der Waals surface area contributed by atoms with Crippen molar-refractivity contribution in [1.82, 2.24) is 9.55 Å². The van der Waals surface area contributed by atoms with Crippen LogP contribution in [0.15, 0.2) is 21.9 Å². The van der Waals surface area contributed by atoms with Crippen LogP contribution in [-0.2, 0) is 9.47 Å². The van der Waals surface area contributed by atoms with E-state index in [0.29, 0.717) is 0 Å². The first-order chi connectivity index (χ1) is 9.29. The van der Waals surface area contributed by atoms with Crippen LogP contribution in [0.2, 0.25) is 0 Å². The minimum atomic E-state index is -1.89. The molecule has 3 atom stereocenters. The second-order valence-corrected chi connectivity index (χ2v) is 4.69. The van der Waals surface area contributed by atoms with E-state index in [-0.39, 0.29) is 13.0 Å². The van der Waals surface area contributed by atoms with Crippen LogP contribution in [0.3, 0.4) is 0 Å². The van der Waals surface area contributed by atoms with Gasteiger partial charge in [-0.25, -0.2) is 14.0 Å². The highest BCUT2D eigenvalue weighted by Crippen LogP contribution is 2.40. The van der Waals surface area contributed by atoms with Gasteiger partial charge < -0.3 is 14.6 Å². The lowest BCUT2D eigenvalue weighted by molar-refractivity contribution is -0.0653. The number of aromatic nitrogens is 2. The summed E-state index contributed by atoms with van der Waals surface area (Å²) in [6.45, 7) is 0.902. The monoisotopic (exact) mass is 288 g/mol. The molecular weight excluding hydrogens is 275 g/mol. The number of hydrogen-bond donors (Lipinski definition) is 2. The van der Waals surface area contributed by atoms with Gasteiger partial charge in [0, 0.05) is 18.7 Å². The highest BCUT2D eigenvalue weighted by molar-refractivity contribution is 5.56. The van der Waals surface area contributed by atoms with Crippen LogP contribution < -0.4 is 11.2 Å². The topological polar surface area (TPSA) is 111 Å². The van der Waals surface area contributed by atoms with Crippen molar-refractivity contribution in [3.05, 3.63) is 33.1 Å². The predicted octanol–water partition coefficient (Wildman–Crippen LogP) is 0.247. The molecule has 0 bridgehead atoms. The number of nitrogens with one attached hydrogen (secondary N) is 1. The van der Waals surface area contributed by atoms with Crippen molar-refractivity contribution in [2.45, 2.75) is 31.3 Å². The molecule has 1 aromatic rings. The first kappa shape index (κ1) is 14.3. The van der Waals surface area contributed by atoms with Gasteiger partial charge in [-0.15, -0.1) is 0 Å². The smallest absolute Gasteiger partial charge is 0.450 e. The summed E-state index contributed by atoms with van der Waals surface area (Å²) >= 11 is 0. The summed E-state index contributed by atoms with van der Waals surface area (Å²) < 4.78 is 25.0. The second-order valence-electron chi connectivity index (χ2n) is 4.69. The van der Waals surface area contributed by atoms with Crippen LogP contribution in [0.5, 0.6) is 0 Å². The predicted molar refractivity (Wildman–Crippen MR) is 63.3 cm³/mol. The Labute approximate surface area is 111 Å². The molecule has 2 rings (SSSR count). The summed E-state index contributed by atoms with van der Waals surface area (Å²) in [7, 11) is 0. The molecule has 0 spiro atoms. The van der Waals surface area contributed by atoms with Gasteiger partial charge in [0.2, 0.25) is 0 Å². The molecule has 1 aromatic heterocycles. The van der Waals surface area contributed by atoms with Gasteiger partial charge in [-0.05, 0) is 6.92 Å². The standard InChI is InChI=1S/C11H13FN2O6/c1-11(12)4-6(5-19-10(17)18)20-8(11)14-3-2-7(15)13-9(14)16/h2-3,6,8H,4-5H2,1H3,(H,17,18)(H,13,15,16)/t6?,8?,11-/m1/s1. The van der Waals surface area contributed by atoms with Crippen molar-refractivity contribution in [1.29, 1.82) is 0 Å². The van der Waals surface area contributed by atoms with Crippen molar-refractivity contribution in [3.63, 3.8) is 0 Å². The fourth-order valence-electron chi connectivity index (χ4n) is 2.15. The molecule has 20 heavy (non-hydrogen) atoms. The Morgan fingerprint density at radius 2 is 2.40 bits per heavy atom. The lowest BCUT2D eigenvalue weighted by Gasteiger charge is -2.22. The molecular formula is C11H13FN2O6. The number of halogens is 1. The summed E-state index contributed by atoms with van der Waals surface area (Å²) in [5, 5.41) is 8.40. The van der Waals surface area contributed by atoms with Gasteiger partial charge in [0.1, 0.15) is 6.61 Å². The Kier molecular flexibility index (Phi) is 3.62. The van der Waals surface area contributed by atoms with Crippen LogP contribution >= 0.6 is 0 Å². The summed E-state index contributed by atoms with van der Waals surface area (Å²) in [5.41, 5.74) is -3.30. The van der Waals surface area contributed by atoms with E-state index in [4.69, 9.17) is 9.84 Å². The van der Waals surface area contributed by atoms with Gasteiger partial charge in [0.05, 0.1) is 6.10 Å². The molecule has 9 heteroatoms. The van der Waals surface area contributed by atoms with E-state index in [2.05, 4.69) is 4.74 Å². The molecule has 1 aliphatic heterocycles. The van der Waals surface area contributed by atoms with Crippen LogP contribution in [0, 0.1) is 0 Å². The normalized spacial score (nSPS) is 29.3. The molecule has 0 aliphatic carbocycles. The molecule has 110 valence electrons. The number of H-pyrrole nitrogens is 1. The van der Waals surface area contributed by atoms with Crippen LogP contribution in [0.4, 0.5) is 9.18 Å². The van der Waals surface area contributed by atoms with Gasteiger partial charge in [-0.3, -0.25) is 14.3 Å². The largest absolute Gasteiger partial charge is 0.505 e. The number of hydrogen-bond acceptors (Lipinski definition) is 5. The number of nitrogens with zero attached hydrogens (tertiary/aromatic N) is 1. The van der Waals surface area contributed by atoms with E-state index < -0.39 is 35.4 Å². The van der Waals surface area contributed by atoms with E-state index in [9.17, 15) is 18.8 Å². The molecule has 1 aliphatic rings. The Morgan fingerprint density at radius 3 is 3.00 bits per heavy atom. The molecule has 1 fully saturated rings. The van der Waals surface area contributed by atoms with Crippen LogP contribution in [0.1, 0.15) is 19.6 Å². The Hall–Kier alpha value is -2.16. The van der Waals surface area contributed by atoms with Crippen molar-refractivity contribution in [2.75, 3.05) is 6.61 Å². The molecule has 8 nitrogen and oxygen atoms in total. The lowest BCUT2D eigenvalue weighted by atomic mass is 10.0.